The summed E-state index contributed by atoms with van der Waals surface area (Å²) in [6.07, 6.45) is -2.47. The highest BCUT2D eigenvalue weighted by atomic mass is 79.9. The second-order valence-electron chi connectivity index (χ2n) is 3.18. The zero-order valence-corrected chi connectivity index (χ0v) is 10.4. The zero-order valence-electron chi connectivity index (χ0n) is 8.82. The van der Waals surface area contributed by atoms with Crippen molar-refractivity contribution >= 4 is 15.9 Å². The first-order valence-electron chi connectivity index (χ1n) is 4.98. The van der Waals surface area contributed by atoms with Crippen LogP contribution in [0.5, 0.6) is 0 Å². The number of rotatable bonds is 8. The Labute approximate surface area is 96.9 Å². The van der Waals surface area contributed by atoms with Crippen LogP contribution in [0, 0.1) is 0 Å². The molecule has 0 rings (SSSR count). The molecule has 0 radical (unpaired) electrons. The quantitative estimate of drug-likeness (QED) is 0.638. The fourth-order valence-corrected chi connectivity index (χ4v) is 1.63. The van der Waals surface area contributed by atoms with E-state index in [1.165, 1.54) is 0 Å². The van der Waals surface area contributed by atoms with Crippen LogP contribution in [0.25, 0.3) is 0 Å². The van der Waals surface area contributed by atoms with Gasteiger partial charge in [-0.25, -0.2) is 0 Å². The minimum absolute atomic E-state index is 0.291. The Kier molecular flexibility index (Phi) is 8.46. The number of ether oxygens (including phenoxy) is 1. The standard InChI is InChI=1S/C9H17BrF3NO/c1-2-3-5-14(6-4-10)7-8-15-9(11,12)13/h2-8H2,1H3. The van der Waals surface area contributed by atoms with Gasteiger partial charge >= 0.3 is 6.36 Å². The van der Waals surface area contributed by atoms with Crippen LogP contribution in [-0.4, -0.2) is 42.8 Å². The van der Waals surface area contributed by atoms with Crippen LogP contribution in [0.4, 0.5) is 13.2 Å². The van der Waals surface area contributed by atoms with Gasteiger partial charge < -0.3 is 4.90 Å². The lowest BCUT2D eigenvalue weighted by Gasteiger charge is -2.21. The van der Waals surface area contributed by atoms with Gasteiger partial charge in [0.1, 0.15) is 0 Å². The lowest BCUT2D eigenvalue weighted by molar-refractivity contribution is -0.325. The van der Waals surface area contributed by atoms with Crippen molar-refractivity contribution < 1.29 is 17.9 Å². The predicted octanol–water partition coefficient (Wildman–Crippen LogP) is 3.02. The van der Waals surface area contributed by atoms with Crippen molar-refractivity contribution in [3.8, 4) is 0 Å². The summed E-state index contributed by atoms with van der Waals surface area (Å²) in [6.45, 7) is 3.66. The normalized spacial score (nSPS) is 12.4. The Hall–Kier alpha value is 0.190. The molecule has 0 spiro atoms. The van der Waals surface area contributed by atoms with Gasteiger partial charge in [-0.15, -0.1) is 13.2 Å². The molecule has 2 nitrogen and oxygen atoms in total. The van der Waals surface area contributed by atoms with E-state index in [2.05, 4.69) is 27.6 Å². The van der Waals surface area contributed by atoms with Gasteiger partial charge in [0, 0.05) is 18.4 Å². The first-order valence-corrected chi connectivity index (χ1v) is 6.10. The van der Waals surface area contributed by atoms with Crippen LogP contribution in [0.2, 0.25) is 0 Å². The molecule has 0 heterocycles. The van der Waals surface area contributed by atoms with E-state index in [-0.39, 0.29) is 6.61 Å². The number of nitrogens with zero attached hydrogens (tertiary/aromatic N) is 1. The Morgan fingerprint density at radius 3 is 2.33 bits per heavy atom. The summed E-state index contributed by atoms with van der Waals surface area (Å²) in [5.41, 5.74) is 0. The molecule has 15 heavy (non-hydrogen) atoms. The molecule has 0 aliphatic carbocycles. The number of unbranched alkanes of at least 4 members (excludes halogenated alkanes) is 1. The molecule has 0 fully saturated rings. The van der Waals surface area contributed by atoms with Crippen LogP contribution >= 0.6 is 15.9 Å². The zero-order chi connectivity index (χ0) is 11.7. The van der Waals surface area contributed by atoms with Crippen molar-refractivity contribution in [1.29, 1.82) is 0 Å². The third kappa shape index (κ3) is 10.5. The van der Waals surface area contributed by atoms with E-state index < -0.39 is 6.36 Å². The molecule has 0 unspecified atom stereocenters. The van der Waals surface area contributed by atoms with Gasteiger partial charge in [-0.2, -0.15) is 0 Å². The summed E-state index contributed by atoms with van der Waals surface area (Å²) in [5, 5.41) is 0.767. The van der Waals surface area contributed by atoms with Crippen molar-refractivity contribution in [2.45, 2.75) is 26.1 Å². The lowest BCUT2D eigenvalue weighted by atomic mass is 10.3. The van der Waals surface area contributed by atoms with Crippen LogP contribution in [0.3, 0.4) is 0 Å². The van der Waals surface area contributed by atoms with Crippen LogP contribution in [0.1, 0.15) is 19.8 Å². The van der Waals surface area contributed by atoms with Crippen LogP contribution in [-0.2, 0) is 4.74 Å². The average Bonchev–Trinajstić information content (AvgIpc) is 2.12. The van der Waals surface area contributed by atoms with Gasteiger partial charge in [-0.05, 0) is 13.0 Å². The van der Waals surface area contributed by atoms with E-state index in [0.29, 0.717) is 6.54 Å². The highest BCUT2D eigenvalue weighted by Gasteiger charge is 2.28. The topological polar surface area (TPSA) is 12.5 Å². The smallest absolute Gasteiger partial charge is 0.300 e. The third-order valence-corrected chi connectivity index (χ3v) is 2.26. The SMILES string of the molecule is CCCCN(CCBr)CCOC(F)(F)F. The number of halogens is 4. The second kappa shape index (κ2) is 8.35. The Balaban J connectivity index is 3.65. The largest absolute Gasteiger partial charge is 0.522 e. The maximum absolute atomic E-state index is 11.7. The maximum atomic E-state index is 11.7. The minimum atomic E-state index is -4.51. The fraction of sp³-hybridized carbons (Fsp3) is 1.00. The molecular weight excluding hydrogens is 275 g/mol. The van der Waals surface area contributed by atoms with Gasteiger partial charge in [-0.1, -0.05) is 29.3 Å². The Morgan fingerprint density at radius 1 is 1.20 bits per heavy atom. The summed E-state index contributed by atoms with van der Waals surface area (Å²) in [5.74, 6) is 0. The molecule has 0 amide bonds. The van der Waals surface area contributed by atoms with E-state index in [1.807, 2.05) is 4.90 Å². The maximum Gasteiger partial charge on any atom is 0.522 e. The first-order chi connectivity index (χ1) is 6.99. The fourth-order valence-electron chi connectivity index (χ4n) is 1.13. The van der Waals surface area contributed by atoms with Crippen molar-refractivity contribution in [2.24, 2.45) is 0 Å². The summed E-state index contributed by atoms with van der Waals surface area (Å²) >= 11 is 3.27. The van der Waals surface area contributed by atoms with Crippen molar-refractivity contribution in [3.63, 3.8) is 0 Å². The molecule has 0 aromatic carbocycles. The summed E-state index contributed by atoms with van der Waals surface area (Å²) in [6, 6.07) is 0. The van der Waals surface area contributed by atoms with Gasteiger partial charge in [0.2, 0.25) is 0 Å². The van der Waals surface area contributed by atoms with Gasteiger partial charge in [0.15, 0.2) is 0 Å². The molecule has 0 aromatic rings. The number of hydrogen-bond donors (Lipinski definition) is 0. The van der Waals surface area contributed by atoms with E-state index in [0.717, 1.165) is 31.3 Å². The molecule has 0 aromatic heterocycles. The molecule has 0 bridgehead atoms. The molecule has 92 valence electrons. The van der Waals surface area contributed by atoms with E-state index in [9.17, 15) is 13.2 Å². The Bertz CT molecular complexity index is 155. The summed E-state index contributed by atoms with van der Waals surface area (Å²) in [7, 11) is 0. The van der Waals surface area contributed by atoms with Crippen LogP contribution < -0.4 is 0 Å². The second-order valence-corrected chi connectivity index (χ2v) is 3.97. The van der Waals surface area contributed by atoms with Crippen molar-refractivity contribution in [2.75, 3.05) is 31.6 Å². The monoisotopic (exact) mass is 291 g/mol. The van der Waals surface area contributed by atoms with E-state index in [1.54, 1.807) is 0 Å². The molecule has 0 atom stereocenters. The van der Waals surface area contributed by atoms with E-state index >= 15 is 0 Å². The van der Waals surface area contributed by atoms with Gasteiger partial charge in [0.25, 0.3) is 0 Å². The van der Waals surface area contributed by atoms with Gasteiger partial charge in [0.05, 0.1) is 6.61 Å². The summed E-state index contributed by atoms with van der Waals surface area (Å²) < 4.78 is 38.8. The molecule has 0 N–H and O–H groups in total. The minimum Gasteiger partial charge on any atom is -0.300 e. The van der Waals surface area contributed by atoms with Gasteiger partial charge in [-0.3, -0.25) is 4.74 Å². The van der Waals surface area contributed by atoms with Crippen molar-refractivity contribution in [3.05, 3.63) is 0 Å². The Morgan fingerprint density at radius 2 is 1.87 bits per heavy atom. The molecular formula is C9H17BrF3NO. The average molecular weight is 292 g/mol. The number of alkyl halides is 4. The number of hydrogen-bond acceptors (Lipinski definition) is 2. The molecule has 0 aliphatic rings. The first kappa shape index (κ1) is 15.2. The predicted molar refractivity (Wildman–Crippen MR) is 57.1 cm³/mol. The van der Waals surface area contributed by atoms with Crippen LogP contribution in [0.15, 0.2) is 0 Å². The van der Waals surface area contributed by atoms with E-state index in [4.69, 9.17) is 0 Å². The third-order valence-electron chi connectivity index (χ3n) is 1.90. The molecule has 0 saturated carbocycles. The highest BCUT2D eigenvalue weighted by Crippen LogP contribution is 2.15. The molecule has 0 saturated heterocycles. The summed E-state index contributed by atoms with van der Waals surface area (Å²) in [4.78, 5) is 1.96. The van der Waals surface area contributed by atoms with Crippen molar-refractivity contribution in [1.82, 2.24) is 4.90 Å². The lowest BCUT2D eigenvalue weighted by Crippen LogP contribution is -2.32. The molecule has 6 heteroatoms. The highest BCUT2D eigenvalue weighted by molar-refractivity contribution is 9.09. The molecule has 0 aliphatic heterocycles.